The molecule has 0 aromatic carbocycles. The number of ether oxygens (including phenoxy) is 1. The van der Waals surface area contributed by atoms with Crippen molar-refractivity contribution in [3.8, 4) is 0 Å². The van der Waals surface area contributed by atoms with E-state index in [2.05, 4.69) is 5.32 Å². The van der Waals surface area contributed by atoms with E-state index in [9.17, 15) is 9.59 Å². The quantitative estimate of drug-likeness (QED) is 0.526. The zero-order chi connectivity index (χ0) is 10.0. The van der Waals surface area contributed by atoms with Crippen LogP contribution in [-0.2, 0) is 14.3 Å². The Kier molecular flexibility index (Phi) is 2.87. The molecule has 13 heavy (non-hydrogen) atoms. The highest BCUT2D eigenvalue weighted by atomic mass is 16.5. The standard InChI is InChI=1S/C8H13NO4/c1-4-3-6(11)9-7(5(2)10)8(12)13-4/h4-5,7,10H,3H2,1-2H3,(H,9,11). The number of carbonyl (C=O) groups excluding carboxylic acids is 2. The molecule has 0 radical (unpaired) electrons. The Morgan fingerprint density at radius 3 is 2.77 bits per heavy atom. The lowest BCUT2D eigenvalue weighted by Gasteiger charge is -2.16. The van der Waals surface area contributed by atoms with Crippen molar-refractivity contribution in [1.82, 2.24) is 5.32 Å². The van der Waals surface area contributed by atoms with E-state index in [4.69, 9.17) is 9.84 Å². The number of cyclic esters (lactones) is 1. The zero-order valence-electron chi connectivity index (χ0n) is 7.61. The Hall–Kier alpha value is -1.10. The Morgan fingerprint density at radius 2 is 2.23 bits per heavy atom. The summed E-state index contributed by atoms with van der Waals surface area (Å²) in [5, 5.41) is 11.6. The molecule has 74 valence electrons. The molecule has 1 heterocycles. The molecular weight excluding hydrogens is 174 g/mol. The molecule has 0 spiro atoms. The molecule has 2 N–H and O–H groups in total. The van der Waals surface area contributed by atoms with Gasteiger partial charge in [0, 0.05) is 0 Å². The number of aliphatic hydroxyl groups is 1. The summed E-state index contributed by atoms with van der Waals surface area (Å²) in [6.45, 7) is 3.07. The second kappa shape index (κ2) is 3.74. The largest absolute Gasteiger partial charge is 0.461 e. The Morgan fingerprint density at radius 1 is 1.62 bits per heavy atom. The Labute approximate surface area is 76.1 Å². The van der Waals surface area contributed by atoms with E-state index in [1.54, 1.807) is 6.92 Å². The molecule has 1 saturated heterocycles. The van der Waals surface area contributed by atoms with Crippen molar-refractivity contribution < 1.29 is 19.4 Å². The number of rotatable bonds is 1. The molecule has 1 fully saturated rings. The molecule has 1 rings (SSSR count). The fraction of sp³-hybridized carbons (Fsp3) is 0.750. The van der Waals surface area contributed by atoms with Gasteiger partial charge in [-0.25, -0.2) is 4.79 Å². The second-order valence-corrected chi connectivity index (χ2v) is 3.24. The van der Waals surface area contributed by atoms with Crippen molar-refractivity contribution in [1.29, 1.82) is 0 Å². The highest BCUT2D eigenvalue weighted by molar-refractivity contribution is 5.87. The summed E-state index contributed by atoms with van der Waals surface area (Å²) in [6.07, 6.45) is -1.20. The summed E-state index contributed by atoms with van der Waals surface area (Å²) in [6, 6.07) is -0.933. The number of nitrogens with one attached hydrogen (secondary N) is 1. The van der Waals surface area contributed by atoms with Crippen LogP contribution in [0.5, 0.6) is 0 Å². The van der Waals surface area contributed by atoms with Gasteiger partial charge in [-0.15, -0.1) is 0 Å². The van der Waals surface area contributed by atoms with Crippen LogP contribution in [0.4, 0.5) is 0 Å². The first-order valence-corrected chi connectivity index (χ1v) is 4.18. The lowest BCUT2D eigenvalue weighted by molar-refractivity contribution is -0.151. The van der Waals surface area contributed by atoms with Gasteiger partial charge in [-0.05, 0) is 13.8 Å². The van der Waals surface area contributed by atoms with Crippen molar-refractivity contribution in [3.63, 3.8) is 0 Å². The lowest BCUT2D eigenvalue weighted by atomic mass is 10.2. The zero-order valence-corrected chi connectivity index (χ0v) is 7.61. The maximum atomic E-state index is 11.2. The topological polar surface area (TPSA) is 75.6 Å². The number of amides is 1. The summed E-state index contributed by atoms with van der Waals surface area (Å²) in [4.78, 5) is 22.3. The molecular formula is C8H13NO4. The summed E-state index contributed by atoms with van der Waals surface area (Å²) in [5.41, 5.74) is 0. The molecule has 5 nitrogen and oxygen atoms in total. The van der Waals surface area contributed by atoms with Crippen LogP contribution in [0.2, 0.25) is 0 Å². The first kappa shape index (κ1) is 9.98. The molecule has 1 aliphatic rings. The third-order valence-electron chi connectivity index (χ3n) is 1.84. The number of hydrogen-bond donors (Lipinski definition) is 2. The van der Waals surface area contributed by atoms with Crippen LogP contribution < -0.4 is 5.32 Å². The number of hydrogen-bond acceptors (Lipinski definition) is 4. The number of esters is 1. The minimum Gasteiger partial charge on any atom is -0.461 e. The van der Waals surface area contributed by atoms with E-state index < -0.39 is 24.2 Å². The minimum absolute atomic E-state index is 0.148. The van der Waals surface area contributed by atoms with Crippen molar-refractivity contribution in [2.75, 3.05) is 0 Å². The van der Waals surface area contributed by atoms with Gasteiger partial charge in [-0.3, -0.25) is 4.79 Å². The molecule has 3 unspecified atom stereocenters. The Balaban J connectivity index is 2.74. The smallest absolute Gasteiger partial charge is 0.331 e. The molecule has 0 aromatic heterocycles. The second-order valence-electron chi connectivity index (χ2n) is 3.24. The first-order valence-electron chi connectivity index (χ1n) is 4.18. The highest BCUT2D eigenvalue weighted by Crippen LogP contribution is 2.08. The molecule has 0 aromatic rings. The maximum Gasteiger partial charge on any atom is 0.331 e. The van der Waals surface area contributed by atoms with Crippen molar-refractivity contribution in [3.05, 3.63) is 0 Å². The summed E-state index contributed by atoms with van der Waals surface area (Å²) in [5.74, 6) is -0.849. The van der Waals surface area contributed by atoms with E-state index >= 15 is 0 Å². The average Bonchev–Trinajstić information content (AvgIpc) is 2.09. The predicted molar refractivity (Wildman–Crippen MR) is 43.8 cm³/mol. The first-order chi connectivity index (χ1) is 6.00. The normalized spacial score (nSPS) is 31.6. The van der Waals surface area contributed by atoms with E-state index in [1.807, 2.05) is 0 Å². The molecule has 0 bridgehead atoms. The van der Waals surface area contributed by atoms with Crippen LogP contribution in [0.3, 0.4) is 0 Å². The van der Waals surface area contributed by atoms with Crippen molar-refractivity contribution in [2.45, 2.75) is 38.5 Å². The molecule has 0 saturated carbocycles. The van der Waals surface area contributed by atoms with Gasteiger partial charge >= 0.3 is 5.97 Å². The van der Waals surface area contributed by atoms with Crippen LogP contribution >= 0.6 is 0 Å². The van der Waals surface area contributed by atoms with E-state index in [1.165, 1.54) is 6.92 Å². The van der Waals surface area contributed by atoms with Gasteiger partial charge in [-0.2, -0.15) is 0 Å². The van der Waals surface area contributed by atoms with Gasteiger partial charge in [0.05, 0.1) is 12.5 Å². The molecule has 5 heteroatoms. The maximum absolute atomic E-state index is 11.2. The SMILES string of the molecule is CC1CC(=O)NC(C(C)O)C(=O)O1. The third-order valence-corrected chi connectivity index (χ3v) is 1.84. The van der Waals surface area contributed by atoms with Crippen LogP contribution in [-0.4, -0.2) is 35.2 Å². The van der Waals surface area contributed by atoms with E-state index in [0.717, 1.165) is 0 Å². The molecule has 1 aliphatic heterocycles. The third kappa shape index (κ3) is 2.42. The number of carbonyl (C=O) groups is 2. The van der Waals surface area contributed by atoms with E-state index in [-0.39, 0.29) is 12.3 Å². The number of aliphatic hydroxyl groups excluding tert-OH is 1. The predicted octanol–water partition coefficient (Wildman–Crippen LogP) is -0.813. The minimum atomic E-state index is -0.933. The summed E-state index contributed by atoms with van der Waals surface area (Å²) < 4.78 is 4.87. The molecule has 0 aliphatic carbocycles. The van der Waals surface area contributed by atoms with Crippen molar-refractivity contribution in [2.24, 2.45) is 0 Å². The van der Waals surface area contributed by atoms with Gasteiger partial charge in [0.1, 0.15) is 6.10 Å². The van der Waals surface area contributed by atoms with Gasteiger partial charge in [-0.1, -0.05) is 0 Å². The summed E-state index contributed by atoms with van der Waals surface area (Å²) in [7, 11) is 0. The molecule has 1 amide bonds. The van der Waals surface area contributed by atoms with Gasteiger partial charge < -0.3 is 15.2 Å². The van der Waals surface area contributed by atoms with Gasteiger partial charge in [0.2, 0.25) is 5.91 Å². The fourth-order valence-electron chi connectivity index (χ4n) is 1.18. The van der Waals surface area contributed by atoms with Gasteiger partial charge in [0.25, 0.3) is 0 Å². The van der Waals surface area contributed by atoms with E-state index in [0.29, 0.717) is 0 Å². The van der Waals surface area contributed by atoms with Gasteiger partial charge in [0.15, 0.2) is 6.04 Å². The monoisotopic (exact) mass is 187 g/mol. The molecule has 3 atom stereocenters. The Bertz CT molecular complexity index is 226. The fourth-order valence-corrected chi connectivity index (χ4v) is 1.18. The van der Waals surface area contributed by atoms with Crippen LogP contribution in [0.25, 0.3) is 0 Å². The highest BCUT2D eigenvalue weighted by Gasteiger charge is 2.32. The van der Waals surface area contributed by atoms with Crippen molar-refractivity contribution >= 4 is 11.9 Å². The van der Waals surface area contributed by atoms with Crippen LogP contribution in [0, 0.1) is 0 Å². The average molecular weight is 187 g/mol. The lowest BCUT2D eigenvalue weighted by Crippen LogP contribution is -2.46. The van der Waals surface area contributed by atoms with Crippen LogP contribution in [0.15, 0.2) is 0 Å². The van der Waals surface area contributed by atoms with Crippen LogP contribution in [0.1, 0.15) is 20.3 Å². The summed E-state index contributed by atoms with van der Waals surface area (Å²) >= 11 is 0.